The lowest BCUT2D eigenvalue weighted by molar-refractivity contribution is -0.261. The first kappa shape index (κ1) is 23.0. The van der Waals surface area contributed by atoms with Crippen molar-refractivity contribution in [3.05, 3.63) is 56.5 Å². The first-order chi connectivity index (χ1) is 16.2. The van der Waals surface area contributed by atoms with Gasteiger partial charge in [-0.2, -0.15) is 0 Å². The van der Waals surface area contributed by atoms with Crippen molar-refractivity contribution in [3.8, 4) is 11.5 Å². The predicted octanol–water partition coefficient (Wildman–Crippen LogP) is 3.91. The van der Waals surface area contributed by atoms with Crippen LogP contribution in [-0.2, 0) is 19.1 Å². The number of esters is 2. The molecule has 0 unspecified atom stereocenters. The Morgan fingerprint density at radius 1 is 0.794 bits per heavy atom. The van der Waals surface area contributed by atoms with Crippen LogP contribution in [0.4, 0.5) is 0 Å². The third kappa shape index (κ3) is 2.75. The number of ether oxygens (including phenoxy) is 4. The Labute approximate surface area is 211 Å². The smallest absolute Gasteiger partial charge is 0.356 e. The maximum atomic E-state index is 13.8. The molecule has 1 fully saturated rings. The van der Waals surface area contributed by atoms with Crippen molar-refractivity contribution < 1.29 is 38.1 Å². The van der Waals surface area contributed by atoms with Gasteiger partial charge < -0.3 is 18.9 Å². The highest BCUT2D eigenvalue weighted by atomic mass is 79.9. The van der Waals surface area contributed by atoms with Crippen LogP contribution in [0.3, 0.4) is 0 Å². The van der Waals surface area contributed by atoms with Gasteiger partial charge >= 0.3 is 11.9 Å². The van der Waals surface area contributed by atoms with Gasteiger partial charge in [0.1, 0.15) is 11.5 Å². The van der Waals surface area contributed by atoms with Gasteiger partial charge in [0.15, 0.2) is 11.6 Å². The number of ketones is 2. The van der Waals surface area contributed by atoms with Crippen molar-refractivity contribution in [1.29, 1.82) is 0 Å². The number of rotatable bonds is 4. The standard InChI is InChI=1S/C24H18Br2O8/c1-3-31-21(29)23-17(19(27)13-9-11(25)5-7-15(13)33-23)18-20(28)14-10-12(26)6-8-16(14)34-24(18,23)22(30)32-4-2/h5-10,17-18H,3-4H2,1-2H3/t17-,18-,23-,24-/m0/s1. The van der Waals surface area contributed by atoms with E-state index in [1.165, 1.54) is 12.1 Å². The molecular weight excluding hydrogens is 576 g/mol. The lowest BCUT2D eigenvalue weighted by atomic mass is 9.45. The molecule has 1 saturated carbocycles. The van der Waals surface area contributed by atoms with E-state index in [4.69, 9.17) is 18.9 Å². The lowest BCUT2D eigenvalue weighted by Crippen LogP contribution is -2.90. The van der Waals surface area contributed by atoms with Crippen molar-refractivity contribution in [2.75, 3.05) is 13.2 Å². The number of hydrogen-bond donors (Lipinski definition) is 0. The average molecular weight is 594 g/mol. The van der Waals surface area contributed by atoms with Crippen molar-refractivity contribution >= 4 is 55.4 Å². The molecule has 8 nitrogen and oxygen atoms in total. The van der Waals surface area contributed by atoms with Crippen molar-refractivity contribution in [3.63, 3.8) is 0 Å². The van der Waals surface area contributed by atoms with E-state index in [2.05, 4.69) is 31.9 Å². The van der Waals surface area contributed by atoms with Crippen LogP contribution in [0.1, 0.15) is 34.6 Å². The van der Waals surface area contributed by atoms with Crippen LogP contribution in [0, 0.1) is 11.8 Å². The summed E-state index contributed by atoms with van der Waals surface area (Å²) in [6.45, 7) is 3.09. The molecule has 4 atom stereocenters. The fraction of sp³-hybridized carbons (Fsp3) is 0.333. The third-order valence-corrected chi connectivity index (χ3v) is 7.43. The molecule has 34 heavy (non-hydrogen) atoms. The van der Waals surface area contributed by atoms with Crippen molar-refractivity contribution in [2.24, 2.45) is 11.8 Å². The largest absolute Gasteiger partial charge is 0.469 e. The van der Waals surface area contributed by atoms with Crippen LogP contribution in [-0.4, -0.2) is 47.9 Å². The van der Waals surface area contributed by atoms with E-state index >= 15 is 0 Å². The normalized spacial score (nSPS) is 28.1. The van der Waals surface area contributed by atoms with E-state index in [9.17, 15) is 19.2 Å². The van der Waals surface area contributed by atoms with Crippen LogP contribution in [0.5, 0.6) is 11.5 Å². The SMILES string of the molecule is CCOC(=O)[C@@]12Oc3ccc(Br)cc3C(=O)[C@@H]1[C@H]1C(=O)c3cc(Br)ccc3O[C@]12C(=O)OCC. The second kappa shape index (κ2) is 7.91. The summed E-state index contributed by atoms with van der Waals surface area (Å²) >= 11 is 6.66. The van der Waals surface area contributed by atoms with Crippen molar-refractivity contribution in [2.45, 2.75) is 25.0 Å². The summed E-state index contributed by atoms with van der Waals surface area (Å²) in [5.41, 5.74) is -4.11. The first-order valence-electron chi connectivity index (χ1n) is 10.6. The molecule has 0 amide bonds. The summed E-state index contributed by atoms with van der Waals surface area (Å²) in [5, 5.41) is 0. The Morgan fingerprint density at radius 2 is 1.18 bits per heavy atom. The molecule has 0 spiro atoms. The second-order valence-corrected chi connectivity index (χ2v) is 9.91. The lowest BCUT2D eigenvalue weighted by Gasteiger charge is -2.64. The topological polar surface area (TPSA) is 105 Å². The molecule has 2 aromatic carbocycles. The highest BCUT2D eigenvalue weighted by molar-refractivity contribution is 9.10. The zero-order valence-corrected chi connectivity index (χ0v) is 21.2. The Bertz CT molecular complexity index is 1180. The Morgan fingerprint density at radius 3 is 1.53 bits per heavy atom. The number of benzene rings is 2. The highest BCUT2D eigenvalue weighted by Gasteiger charge is 2.90. The molecule has 0 radical (unpaired) electrons. The monoisotopic (exact) mass is 592 g/mol. The van der Waals surface area contributed by atoms with Gasteiger partial charge in [0, 0.05) is 8.95 Å². The molecule has 2 heterocycles. The minimum atomic E-state index is -2.24. The fourth-order valence-corrected chi connectivity index (χ4v) is 5.87. The molecule has 5 rings (SSSR count). The summed E-state index contributed by atoms with van der Waals surface area (Å²) in [6, 6.07) is 9.40. The van der Waals surface area contributed by atoms with Crippen molar-refractivity contribution in [1.82, 2.24) is 0 Å². The molecule has 0 saturated heterocycles. The Hall–Kier alpha value is -2.72. The summed E-state index contributed by atoms with van der Waals surface area (Å²) < 4.78 is 24.2. The van der Waals surface area contributed by atoms with Gasteiger partial charge in [0.2, 0.25) is 0 Å². The number of carbonyl (C=O) groups excluding carboxylic acids is 4. The van der Waals surface area contributed by atoms with Gasteiger partial charge in [-0.25, -0.2) is 9.59 Å². The van der Waals surface area contributed by atoms with E-state index in [1.807, 2.05) is 0 Å². The average Bonchev–Trinajstić information content (AvgIpc) is 2.79. The second-order valence-electron chi connectivity index (χ2n) is 8.08. The maximum Gasteiger partial charge on any atom is 0.356 e. The van der Waals surface area contributed by atoms with E-state index < -0.39 is 46.5 Å². The van der Waals surface area contributed by atoms with Gasteiger partial charge in [0.05, 0.1) is 36.2 Å². The Kier molecular flexibility index (Phi) is 5.36. The molecule has 2 aromatic rings. The summed E-state index contributed by atoms with van der Waals surface area (Å²) in [6.07, 6.45) is 0. The zero-order valence-electron chi connectivity index (χ0n) is 18.1. The zero-order chi connectivity index (χ0) is 24.4. The van der Waals surface area contributed by atoms with E-state index in [0.29, 0.717) is 8.95 Å². The van der Waals surface area contributed by atoms with E-state index in [-0.39, 0.29) is 35.8 Å². The van der Waals surface area contributed by atoms with Crippen LogP contribution >= 0.6 is 31.9 Å². The number of halogens is 2. The molecule has 0 bridgehead atoms. The predicted molar refractivity (Wildman–Crippen MR) is 124 cm³/mol. The van der Waals surface area contributed by atoms with Crippen LogP contribution in [0.2, 0.25) is 0 Å². The van der Waals surface area contributed by atoms with E-state index in [1.54, 1.807) is 38.1 Å². The summed E-state index contributed by atoms with van der Waals surface area (Å²) in [5.74, 6) is -5.52. The number of carbonyl (C=O) groups is 4. The van der Waals surface area contributed by atoms with Gasteiger partial charge in [-0.1, -0.05) is 31.9 Å². The minimum Gasteiger partial charge on any atom is -0.469 e. The molecule has 0 aromatic heterocycles. The number of Topliss-reactive ketones (excluding diaryl/α,β-unsaturated/α-hetero) is 2. The van der Waals surface area contributed by atoms with Gasteiger partial charge in [0.25, 0.3) is 11.2 Å². The molecule has 3 aliphatic rings. The van der Waals surface area contributed by atoms with Crippen LogP contribution in [0.15, 0.2) is 45.3 Å². The van der Waals surface area contributed by atoms with Gasteiger partial charge in [-0.05, 0) is 50.2 Å². The molecule has 0 N–H and O–H groups in total. The van der Waals surface area contributed by atoms with Crippen LogP contribution in [0.25, 0.3) is 0 Å². The van der Waals surface area contributed by atoms with Gasteiger partial charge in [-0.15, -0.1) is 0 Å². The summed E-state index contributed by atoms with van der Waals surface area (Å²) in [7, 11) is 0. The van der Waals surface area contributed by atoms with Gasteiger partial charge in [-0.3, -0.25) is 9.59 Å². The molecule has 2 aliphatic heterocycles. The van der Waals surface area contributed by atoms with E-state index in [0.717, 1.165) is 0 Å². The fourth-order valence-electron chi connectivity index (χ4n) is 5.15. The summed E-state index contributed by atoms with van der Waals surface area (Å²) in [4.78, 5) is 54.6. The number of fused-ring (bicyclic) bond motifs is 6. The van der Waals surface area contributed by atoms with Crippen LogP contribution < -0.4 is 9.47 Å². The highest BCUT2D eigenvalue weighted by Crippen LogP contribution is 2.64. The molecule has 176 valence electrons. The minimum absolute atomic E-state index is 0.0426. The first-order valence-corrected chi connectivity index (χ1v) is 12.2. The Balaban J connectivity index is 1.80. The molecular formula is C24H18Br2O8. The quantitative estimate of drug-likeness (QED) is 0.491. The molecule has 1 aliphatic carbocycles. The number of hydrogen-bond acceptors (Lipinski definition) is 8. The maximum absolute atomic E-state index is 13.8. The third-order valence-electron chi connectivity index (χ3n) is 6.44. The molecule has 10 heteroatoms.